The topological polar surface area (TPSA) is 38.0 Å². The first kappa shape index (κ1) is 13.6. The highest BCUT2D eigenvalue weighted by atomic mass is 79.9. The SMILES string of the molecule is Cc1c(Br)cccc1C(NN)c1cccc(Cl)c1. The Balaban J connectivity index is 2.49. The summed E-state index contributed by atoms with van der Waals surface area (Å²) < 4.78 is 1.07. The van der Waals surface area contributed by atoms with Crippen LogP contribution < -0.4 is 11.3 Å². The first-order valence-electron chi connectivity index (χ1n) is 5.60. The van der Waals surface area contributed by atoms with Gasteiger partial charge in [0.05, 0.1) is 6.04 Å². The van der Waals surface area contributed by atoms with E-state index in [0.29, 0.717) is 5.02 Å². The molecule has 0 saturated carbocycles. The second kappa shape index (κ2) is 5.85. The number of nitrogens with one attached hydrogen (secondary N) is 1. The molecule has 94 valence electrons. The molecule has 0 radical (unpaired) electrons. The van der Waals surface area contributed by atoms with Crippen LogP contribution in [-0.2, 0) is 0 Å². The maximum absolute atomic E-state index is 6.03. The van der Waals surface area contributed by atoms with Crippen molar-refractivity contribution in [2.24, 2.45) is 5.84 Å². The van der Waals surface area contributed by atoms with Crippen molar-refractivity contribution in [2.45, 2.75) is 13.0 Å². The minimum absolute atomic E-state index is 0.0683. The van der Waals surface area contributed by atoms with Crippen molar-refractivity contribution in [3.8, 4) is 0 Å². The van der Waals surface area contributed by atoms with E-state index in [9.17, 15) is 0 Å². The molecule has 2 nitrogen and oxygen atoms in total. The fourth-order valence-corrected chi connectivity index (χ4v) is 2.57. The monoisotopic (exact) mass is 324 g/mol. The molecule has 2 rings (SSSR count). The maximum Gasteiger partial charge on any atom is 0.0713 e. The van der Waals surface area contributed by atoms with Crippen LogP contribution in [0.1, 0.15) is 22.7 Å². The van der Waals surface area contributed by atoms with Gasteiger partial charge in [-0.25, -0.2) is 5.43 Å². The van der Waals surface area contributed by atoms with E-state index in [-0.39, 0.29) is 6.04 Å². The maximum atomic E-state index is 6.03. The van der Waals surface area contributed by atoms with E-state index in [1.807, 2.05) is 36.4 Å². The Labute approximate surface area is 120 Å². The van der Waals surface area contributed by atoms with Gasteiger partial charge >= 0.3 is 0 Å². The molecule has 0 aromatic heterocycles. The molecule has 0 aliphatic carbocycles. The van der Waals surface area contributed by atoms with Crippen molar-refractivity contribution in [1.82, 2.24) is 5.43 Å². The quantitative estimate of drug-likeness (QED) is 0.662. The molecular formula is C14H14BrClN2. The summed E-state index contributed by atoms with van der Waals surface area (Å²) in [6.07, 6.45) is 0. The number of rotatable bonds is 3. The molecule has 0 bridgehead atoms. The minimum atomic E-state index is -0.0683. The van der Waals surface area contributed by atoms with Gasteiger partial charge < -0.3 is 0 Å². The Morgan fingerprint density at radius 1 is 1.22 bits per heavy atom. The van der Waals surface area contributed by atoms with Gasteiger partial charge in [0.25, 0.3) is 0 Å². The smallest absolute Gasteiger partial charge is 0.0713 e. The van der Waals surface area contributed by atoms with Gasteiger partial charge in [-0.2, -0.15) is 0 Å². The lowest BCUT2D eigenvalue weighted by molar-refractivity contribution is 0.633. The number of halogens is 2. The number of hydrazine groups is 1. The number of nitrogens with two attached hydrogens (primary N) is 1. The van der Waals surface area contributed by atoms with E-state index in [2.05, 4.69) is 34.3 Å². The molecule has 0 amide bonds. The molecule has 2 aromatic carbocycles. The van der Waals surface area contributed by atoms with Crippen LogP contribution in [0.4, 0.5) is 0 Å². The number of benzene rings is 2. The Bertz CT molecular complexity index is 557. The molecule has 0 saturated heterocycles. The molecule has 3 N–H and O–H groups in total. The van der Waals surface area contributed by atoms with E-state index in [4.69, 9.17) is 17.4 Å². The summed E-state index contributed by atoms with van der Waals surface area (Å²) in [5.41, 5.74) is 6.20. The standard InChI is InChI=1S/C14H14BrClN2/c1-9-12(6-3-7-13(9)15)14(18-17)10-4-2-5-11(16)8-10/h2-8,14,18H,17H2,1H3. The first-order chi connectivity index (χ1) is 8.63. The van der Waals surface area contributed by atoms with Crippen LogP contribution in [0.2, 0.25) is 5.02 Å². The van der Waals surface area contributed by atoms with Crippen molar-refractivity contribution in [3.63, 3.8) is 0 Å². The minimum Gasteiger partial charge on any atom is -0.271 e. The van der Waals surface area contributed by atoms with Crippen LogP contribution in [0.25, 0.3) is 0 Å². The van der Waals surface area contributed by atoms with E-state index in [1.54, 1.807) is 0 Å². The van der Waals surface area contributed by atoms with Crippen molar-refractivity contribution >= 4 is 27.5 Å². The zero-order valence-electron chi connectivity index (χ0n) is 9.95. The Morgan fingerprint density at radius 3 is 2.61 bits per heavy atom. The Kier molecular flexibility index (Phi) is 4.40. The number of hydrogen-bond acceptors (Lipinski definition) is 2. The highest BCUT2D eigenvalue weighted by Gasteiger charge is 2.15. The lowest BCUT2D eigenvalue weighted by Gasteiger charge is -2.20. The van der Waals surface area contributed by atoms with Crippen molar-refractivity contribution < 1.29 is 0 Å². The molecule has 1 unspecified atom stereocenters. The zero-order chi connectivity index (χ0) is 13.1. The van der Waals surface area contributed by atoms with Crippen LogP contribution in [0, 0.1) is 6.92 Å². The van der Waals surface area contributed by atoms with Gasteiger partial charge in [-0.1, -0.05) is 51.8 Å². The average molecular weight is 326 g/mol. The highest BCUT2D eigenvalue weighted by molar-refractivity contribution is 9.10. The summed E-state index contributed by atoms with van der Waals surface area (Å²) in [6, 6.07) is 13.7. The van der Waals surface area contributed by atoms with Crippen LogP contribution in [0.15, 0.2) is 46.9 Å². The van der Waals surface area contributed by atoms with Gasteiger partial charge in [0.2, 0.25) is 0 Å². The van der Waals surface area contributed by atoms with Gasteiger partial charge in [-0.15, -0.1) is 0 Å². The van der Waals surface area contributed by atoms with Crippen molar-refractivity contribution in [2.75, 3.05) is 0 Å². The van der Waals surface area contributed by atoms with Gasteiger partial charge in [0, 0.05) is 9.50 Å². The molecule has 4 heteroatoms. The van der Waals surface area contributed by atoms with Crippen LogP contribution >= 0.6 is 27.5 Å². The predicted molar refractivity (Wildman–Crippen MR) is 79.5 cm³/mol. The summed E-state index contributed by atoms with van der Waals surface area (Å²) in [7, 11) is 0. The lowest BCUT2D eigenvalue weighted by Crippen LogP contribution is -2.29. The largest absolute Gasteiger partial charge is 0.271 e. The van der Waals surface area contributed by atoms with Crippen LogP contribution in [-0.4, -0.2) is 0 Å². The number of hydrogen-bond donors (Lipinski definition) is 2. The summed E-state index contributed by atoms with van der Waals surface area (Å²) in [5, 5.41) is 0.709. The molecule has 1 atom stereocenters. The van der Waals surface area contributed by atoms with E-state index in [1.165, 1.54) is 5.56 Å². The van der Waals surface area contributed by atoms with Crippen molar-refractivity contribution in [1.29, 1.82) is 0 Å². The molecule has 2 aromatic rings. The normalized spacial score (nSPS) is 12.4. The third-order valence-corrected chi connectivity index (χ3v) is 4.06. The van der Waals surface area contributed by atoms with Crippen LogP contribution in [0.3, 0.4) is 0 Å². The molecular weight excluding hydrogens is 312 g/mol. The van der Waals surface area contributed by atoms with Gasteiger partial charge in [0.15, 0.2) is 0 Å². The average Bonchev–Trinajstić information content (AvgIpc) is 2.35. The lowest BCUT2D eigenvalue weighted by atomic mass is 9.95. The molecule has 0 aliphatic heterocycles. The third-order valence-electron chi connectivity index (χ3n) is 2.97. The first-order valence-corrected chi connectivity index (χ1v) is 6.77. The molecule has 0 fully saturated rings. The molecule has 0 spiro atoms. The zero-order valence-corrected chi connectivity index (χ0v) is 12.3. The fraction of sp³-hybridized carbons (Fsp3) is 0.143. The summed E-state index contributed by atoms with van der Waals surface area (Å²) in [5.74, 6) is 5.70. The van der Waals surface area contributed by atoms with Crippen LogP contribution in [0.5, 0.6) is 0 Å². The summed E-state index contributed by atoms with van der Waals surface area (Å²) >= 11 is 9.56. The van der Waals surface area contributed by atoms with Gasteiger partial charge in [-0.05, 0) is 41.8 Å². The predicted octanol–water partition coefficient (Wildman–Crippen LogP) is 3.96. The van der Waals surface area contributed by atoms with E-state index >= 15 is 0 Å². The second-order valence-corrected chi connectivity index (χ2v) is 5.40. The Morgan fingerprint density at radius 2 is 1.94 bits per heavy atom. The molecule has 0 heterocycles. The summed E-state index contributed by atoms with van der Waals surface area (Å²) in [4.78, 5) is 0. The van der Waals surface area contributed by atoms with Gasteiger partial charge in [-0.3, -0.25) is 5.84 Å². The van der Waals surface area contributed by atoms with E-state index < -0.39 is 0 Å². The molecule has 0 aliphatic rings. The van der Waals surface area contributed by atoms with Crippen molar-refractivity contribution in [3.05, 3.63) is 68.7 Å². The third kappa shape index (κ3) is 2.75. The highest BCUT2D eigenvalue weighted by Crippen LogP contribution is 2.29. The van der Waals surface area contributed by atoms with Gasteiger partial charge in [0.1, 0.15) is 0 Å². The fourth-order valence-electron chi connectivity index (χ4n) is 1.99. The molecule has 18 heavy (non-hydrogen) atoms. The summed E-state index contributed by atoms with van der Waals surface area (Å²) in [6.45, 7) is 2.06. The Hall–Kier alpha value is -0.870. The van der Waals surface area contributed by atoms with E-state index in [0.717, 1.165) is 15.6 Å². The second-order valence-electron chi connectivity index (χ2n) is 4.11.